The highest BCUT2D eigenvalue weighted by Crippen LogP contribution is 2.30. The van der Waals surface area contributed by atoms with Crippen LogP contribution in [-0.4, -0.2) is 34.3 Å². The van der Waals surface area contributed by atoms with Crippen molar-refractivity contribution in [2.45, 2.75) is 19.4 Å². The lowest BCUT2D eigenvalue weighted by Crippen LogP contribution is -2.50. The number of hydrogen-bond donors (Lipinski definition) is 2. The van der Waals surface area contributed by atoms with Crippen molar-refractivity contribution >= 4 is 11.8 Å². The Hall–Kier alpha value is -3.81. The van der Waals surface area contributed by atoms with Crippen LogP contribution < -0.4 is 20.3 Å². The number of para-hydroxylation sites is 3. The number of nitrogens with zero attached hydrogens (tertiary/aromatic N) is 2. The number of benzene rings is 2. The molecule has 1 aromatic heterocycles. The number of ether oxygens (including phenoxy) is 2. The highest BCUT2D eigenvalue weighted by Gasteiger charge is 2.28. The molecule has 4 rings (SSSR count). The van der Waals surface area contributed by atoms with E-state index in [0.29, 0.717) is 23.5 Å². The summed E-state index contributed by atoms with van der Waals surface area (Å²) in [5.74, 6) is 0.125. The molecular formula is C21H20N4O4. The van der Waals surface area contributed by atoms with Gasteiger partial charge >= 0.3 is 0 Å². The number of amides is 2. The molecule has 29 heavy (non-hydrogen) atoms. The molecular weight excluding hydrogens is 372 g/mol. The smallest absolute Gasteiger partial charge is 0.283 e. The monoisotopic (exact) mass is 392 g/mol. The molecule has 8 nitrogen and oxygen atoms in total. The van der Waals surface area contributed by atoms with E-state index >= 15 is 0 Å². The molecule has 2 aromatic carbocycles. The Kier molecular flexibility index (Phi) is 5.15. The lowest BCUT2D eigenvalue weighted by molar-refractivity contribution is -0.131. The molecule has 148 valence electrons. The van der Waals surface area contributed by atoms with Gasteiger partial charge in [-0.05, 0) is 30.7 Å². The number of nitrogens with one attached hydrogen (secondary N) is 2. The number of carbonyl (C=O) groups excluding carboxylic acids is 2. The molecule has 0 bridgehead atoms. The summed E-state index contributed by atoms with van der Waals surface area (Å²) in [6.45, 7) is 2.00. The highest BCUT2D eigenvalue weighted by molar-refractivity contribution is 5.96. The Morgan fingerprint density at radius 2 is 1.79 bits per heavy atom. The van der Waals surface area contributed by atoms with Gasteiger partial charge in [0.15, 0.2) is 11.5 Å². The number of rotatable bonds is 4. The van der Waals surface area contributed by atoms with E-state index in [0.717, 1.165) is 11.4 Å². The maximum atomic E-state index is 12.6. The Morgan fingerprint density at radius 1 is 1.07 bits per heavy atom. The van der Waals surface area contributed by atoms with E-state index < -0.39 is 17.9 Å². The largest absolute Gasteiger partial charge is 0.485 e. The first-order valence-corrected chi connectivity index (χ1v) is 9.28. The normalized spacial score (nSPS) is 14.9. The fraction of sp³-hybridized carbons (Fsp3) is 0.190. The van der Waals surface area contributed by atoms with Gasteiger partial charge in [-0.3, -0.25) is 20.4 Å². The van der Waals surface area contributed by atoms with Gasteiger partial charge in [0.2, 0.25) is 6.10 Å². The van der Waals surface area contributed by atoms with E-state index in [1.807, 2.05) is 43.3 Å². The van der Waals surface area contributed by atoms with Crippen LogP contribution in [0.1, 0.15) is 23.0 Å². The molecule has 0 radical (unpaired) electrons. The van der Waals surface area contributed by atoms with Crippen molar-refractivity contribution < 1.29 is 19.1 Å². The van der Waals surface area contributed by atoms with E-state index in [1.54, 1.807) is 22.9 Å². The van der Waals surface area contributed by atoms with Gasteiger partial charge in [-0.2, -0.15) is 5.10 Å². The topological polar surface area (TPSA) is 94.5 Å². The minimum atomic E-state index is -0.858. The number of hydrazine groups is 1. The van der Waals surface area contributed by atoms with Crippen LogP contribution in [0.3, 0.4) is 0 Å². The second-order valence-corrected chi connectivity index (χ2v) is 6.41. The summed E-state index contributed by atoms with van der Waals surface area (Å²) in [4.78, 5) is 25.0. The second kappa shape index (κ2) is 8.05. The van der Waals surface area contributed by atoms with E-state index in [4.69, 9.17) is 9.47 Å². The molecule has 2 amide bonds. The Labute approximate surface area is 167 Å². The molecule has 2 N–H and O–H groups in total. The zero-order valence-electron chi connectivity index (χ0n) is 15.8. The van der Waals surface area contributed by atoms with Crippen LogP contribution in [0.4, 0.5) is 0 Å². The molecule has 1 aliphatic rings. The van der Waals surface area contributed by atoms with Gasteiger partial charge in [-0.15, -0.1) is 0 Å². The Balaban J connectivity index is 1.41. The third kappa shape index (κ3) is 3.77. The zero-order valence-corrected chi connectivity index (χ0v) is 15.8. The van der Waals surface area contributed by atoms with Crippen LogP contribution >= 0.6 is 0 Å². The van der Waals surface area contributed by atoms with Crippen molar-refractivity contribution in [3.05, 3.63) is 72.1 Å². The molecule has 0 spiro atoms. The van der Waals surface area contributed by atoms with Crippen LogP contribution in [-0.2, 0) is 11.2 Å². The third-order valence-corrected chi connectivity index (χ3v) is 4.55. The summed E-state index contributed by atoms with van der Waals surface area (Å²) in [6.07, 6.45) is 1.23. The quantitative estimate of drug-likeness (QED) is 0.663. The molecule has 8 heteroatoms. The van der Waals surface area contributed by atoms with Gasteiger partial charge in [0.25, 0.3) is 11.8 Å². The van der Waals surface area contributed by atoms with Gasteiger partial charge in [-0.25, -0.2) is 4.68 Å². The van der Waals surface area contributed by atoms with E-state index in [1.165, 1.54) is 6.20 Å². The number of fused-ring (bicyclic) bond motifs is 1. The van der Waals surface area contributed by atoms with Crippen molar-refractivity contribution in [1.29, 1.82) is 0 Å². The fourth-order valence-electron chi connectivity index (χ4n) is 3.11. The Bertz CT molecular complexity index is 1030. The van der Waals surface area contributed by atoms with Gasteiger partial charge in [-0.1, -0.05) is 37.3 Å². The molecule has 1 aliphatic heterocycles. The number of hydrogen-bond acceptors (Lipinski definition) is 5. The first-order chi connectivity index (χ1) is 14.2. The van der Waals surface area contributed by atoms with Gasteiger partial charge in [0.05, 0.1) is 23.1 Å². The lowest BCUT2D eigenvalue weighted by atomic mass is 10.2. The van der Waals surface area contributed by atoms with Crippen molar-refractivity contribution in [3.8, 4) is 17.2 Å². The SMILES string of the molecule is CCc1c(C(=O)NNC(=O)C2COc3ccccc3O2)cnn1-c1ccccc1. The Morgan fingerprint density at radius 3 is 2.55 bits per heavy atom. The van der Waals surface area contributed by atoms with Gasteiger partial charge < -0.3 is 9.47 Å². The third-order valence-electron chi connectivity index (χ3n) is 4.55. The predicted octanol–water partition coefficient (Wildman–Crippen LogP) is 2.04. The van der Waals surface area contributed by atoms with E-state index in [9.17, 15) is 9.59 Å². The molecule has 0 fully saturated rings. The van der Waals surface area contributed by atoms with Crippen LogP contribution in [0.5, 0.6) is 11.5 Å². The maximum absolute atomic E-state index is 12.6. The first kappa shape index (κ1) is 18.5. The summed E-state index contributed by atoms with van der Waals surface area (Å²) >= 11 is 0. The first-order valence-electron chi connectivity index (χ1n) is 9.28. The van der Waals surface area contributed by atoms with Crippen LogP contribution in [0, 0.1) is 0 Å². The van der Waals surface area contributed by atoms with Gasteiger partial charge in [0, 0.05) is 0 Å². The summed E-state index contributed by atoms with van der Waals surface area (Å²) in [5.41, 5.74) is 6.83. The van der Waals surface area contributed by atoms with E-state index in [-0.39, 0.29) is 6.61 Å². The molecule has 2 heterocycles. The fourth-order valence-corrected chi connectivity index (χ4v) is 3.11. The molecule has 0 saturated carbocycles. The summed E-state index contributed by atoms with van der Waals surface area (Å²) in [6, 6.07) is 16.6. The van der Waals surface area contributed by atoms with Gasteiger partial charge in [0.1, 0.15) is 6.61 Å². The summed E-state index contributed by atoms with van der Waals surface area (Å²) in [5, 5.41) is 4.32. The molecule has 0 saturated heterocycles. The molecule has 0 aliphatic carbocycles. The molecule has 1 atom stereocenters. The van der Waals surface area contributed by atoms with Crippen LogP contribution in [0.15, 0.2) is 60.8 Å². The average molecular weight is 392 g/mol. The van der Waals surface area contributed by atoms with Crippen molar-refractivity contribution in [1.82, 2.24) is 20.6 Å². The number of aromatic nitrogens is 2. The maximum Gasteiger partial charge on any atom is 0.283 e. The van der Waals surface area contributed by atoms with Crippen LogP contribution in [0.2, 0.25) is 0 Å². The second-order valence-electron chi connectivity index (χ2n) is 6.41. The minimum absolute atomic E-state index is 0.0604. The van der Waals surface area contributed by atoms with Crippen LogP contribution in [0.25, 0.3) is 5.69 Å². The molecule has 1 unspecified atom stereocenters. The van der Waals surface area contributed by atoms with Crippen molar-refractivity contribution in [2.24, 2.45) is 0 Å². The average Bonchev–Trinajstić information content (AvgIpc) is 3.21. The molecule has 3 aromatic rings. The summed E-state index contributed by atoms with van der Waals surface area (Å²) < 4.78 is 12.9. The lowest BCUT2D eigenvalue weighted by Gasteiger charge is -2.25. The standard InChI is InChI=1S/C21H20N4O4/c1-2-16-15(12-22-25(16)14-8-4-3-5-9-14)20(26)23-24-21(27)19-13-28-17-10-6-7-11-18(17)29-19/h3-12,19H,2,13H2,1H3,(H,23,26)(H,24,27). The van der Waals surface area contributed by atoms with Crippen molar-refractivity contribution in [2.75, 3.05) is 6.61 Å². The predicted molar refractivity (Wildman–Crippen MR) is 105 cm³/mol. The summed E-state index contributed by atoms with van der Waals surface area (Å²) in [7, 11) is 0. The highest BCUT2D eigenvalue weighted by atomic mass is 16.6. The minimum Gasteiger partial charge on any atom is -0.485 e. The number of carbonyl (C=O) groups is 2. The van der Waals surface area contributed by atoms with Crippen molar-refractivity contribution in [3.63, 3.8) is 0 Å². The van der Waals surface area contributed by atoms with E-state index in [2.05, 4.69) is 16.0 Å². The zero-order chi connectivity index (χ0) is 20.2.